The van der Waals surface area contributed by atoms with Gasteiger partial charge in [0.25, 0.3) is 0 Å². The SMILES string of the molecule is COCN1CCSCC1. The maximum Gasteiger partial charge on any atom is 0.0986 e. The highest BCUT2D eigenvalue weighted by Crippen LogP contribution is 2.07. The molecule has 0 saturated carbocycles. The molecule has 0 unspecified atom stereocenters. The fourth-order valence-corrected chi connectivity index (χ4v) is 1.89. The quantitative estimate of drug-likeness (QED) is 0.568. The van der Waals surface area contributed by atoms with Gasteiger partial charge >= 0.3 is 0 Å². The van der Waals surface area contributed by atoms with Gasteiger partial charge in [-0.3, -0.25) is 4.90 Å². The number of methoxy groups -OCH3 is 1. The van der Waals surface area contributed by atoms with Gasteiger partial charge in [0.2, 0.25) is 0 Å². The summed E-state index contributed by atoms with van der Waals surface area (Å²) in [6.07, 6.45) is 0. The Hall–Kier alpha value is 0.270. The molecule has 0 spiro atoms. The number of ether oxygens (including phenoxy) is 1. The first-order chi connectivity index (χ1) is 4.43. The summed E-state index contributed by atoms with van der Waals surface area (Å²) in [5, 5.41) is 0. The van der Waals surface area contributed by atoms with Gasteiger partial charge in [0.1, 0.15) is 0 Å². The first-order valence-corrected chi connectivity index (χ1v) is 4.38. The Morgan fingerprint density at radius 1 is 1.44 bits per heavy atom. The molecule has 1 heterocycles. The fraction of sp³-hybridized carbons (Fsp3) is 1.00. The van der Waals surface area contributed by atoms with Gasteiger partial charge in [0.05, 0.1) is 6.73 Å². The average molecular weight is 147 g/mol. The van der Waals surface area contributed by atoms with Crippen molar-refractivity contribution < 1.29 is 4.74 Å². The Balaban J connectivity index is 2.08. The van der Waals surface area contributed by atoms with Crippen LogP contribution in [0.4, 0.5) is 0 Å². The van der Waals surface area contributed by atoms with E-state index < -0.39 is 0 Å². The summed E-state index contributed by atoms with van der Waals surface area (Å²) in [5.41, 5.74) is 0. The van der Waals surface area contributed by atoms with Crippen molar-refractivity contribution in [3.8, 4) is 0 Å². The summed E-state index contributed by atoms with van der Waals surface area (Å²) >= 11 is 2.03. The van der Waals surface area contributed by atoms with Gasteiger partial charge < -0.3 is 4.74 Å². The Kier molecular flexibility index (Phi) is 3.40. The number of hydrogen-bond donors (Lipinski definition) is 0. The third-order valence-electron chi connectivity index (χ3n) is 1.42. The molecule has 0 aliphatic carbocycles. The smallest absolute Gasteiger partial charge is 0.0986 e. The van der Waals surface area contributed by atoms with E-state index in [4.69, 9.17) is 4.74 Å². The molecule has 54 valence electrons. The second kappa shape index (κ2) is 4.14. The van der Waals surface area contributed by atoms with E-state index in [1.807, 2.05) is 11.8 Å². The molecule has 1 fully saturated rings. The number of hydrogen-bond acceptors (Lipinski definition) is 3. The lowest BCUT2D eigenvalue weighted by atomic mass is 10.5. The molecule has 1 rings (SSSR count). The van der Waals surface area contributed by atoms with Crippen molar-refractivity contribution >= 4 is 11.8 Å². The second-order valence-electron chi connectivity index (χ2n) is 2.15. The van der Waals surface area contributed by atoms with E-state index in [-0.39, 0.29) is 0 Å². The molecule has 0 aromatic carbocycles. The molecule has 1 aliphatic rings. The zero-order chi connectivity index (χ0) is 6.53. The largest absolute Gasteiger partial charge is 0.369 e. The van der Waals surface area contributed by atoms with E-state index in [1.54, 1.807) is 7.11 Å². The van der Waals surface area contributed by atoms with Crippen LogP contribution in [0.1, 0.15) is 0 Å². The highest BCUT2D eigenvalue weighted by atomic mass is 32.2. The molecule has 0 radical (unpaired) electrons. The van der Waals surface area contributed by atoms with Crippen LogP contribution >= 0.6 is 11.8 Å². The monoisotopic (exact) mass is 147 g/mol. The standard InChI is InChI=1S/C6H13NOS/c1-8-6-7-2-4-9-5-3-7/h2-6H2,1H3. The topological polar surface area (TPSA) is 12.5 Å². The maximum absolute atomic E-state index is 5.00. The van der Waals surface area contributed by atoms with E-state index in [0.717, 1.165) is 6.73 Å². The number of thioether (sulfide) groups is 1. The summed E-state index contributed by atoms with van der Waals surface area (Å²) in [4.78, 5) is 2.33. The molecule has 0 N–H and O–H groups in total. The molecule has 0 atom stereocenters. The molecule has 0 bridgehead atoms. The Labute approximate surface area is 60.6 Å². The molecule has 9 heavy (non-hydrogen) atoms. The number of nitrogens with zero attached hydrogens (tertiary/aromatic N) is 1. The molecule has 3 heteroatoms. The van der Waals surface area contributed by atoms with E-state index >= 15 is 0 Å². The third-order valence-corrected chi connectivity index (χ3v) is 2.36. The molecule has 1 aliphatic heterocycles. The predicted molar refractivity (Wildman–Crippen MR) is 40.8 cm³/mol. The molecular formula is C6H13NOS. The first kappa shape index (κ1) is 7.38. The normalized spacial score (nSPS) is 22.3. The predicted octanol–water partition coefficient (Wildman–Crippen LogP) is 0.639. The minimum atomic E-state index is 0.806. The van der Waals surface area contributed by atoms with Crippen LogP contribution < -0.4 is 0 Å². The van der Waals surface area contributed by atoms with Crippen molar-refractivity contribution in [3.05, 3.63) is 0 Å². The Bertz CT molecular complexity index is 70.7. The van der Waals surface area contributed by atoms with Gasteiger partial charge in [-0.1, -0.05) is 0 Å². The second-order valence-corrected chi connectivity index (χ2v) is 3.37. The van der Waals surface area contributed by atoms with Crippen molar-refractivity contribution in [1.29, 1.82) is 0 Å². The average Bonchev–Trinajstić information content (AvgIpc) is 1.91. The highest BCUT2D eigenvalue weighted by Gasteiger charge is 2.07. The molecular weight excluding hydrogens is 134 g/mol. The lowest BCUT2D eigenvalue weighted by molar-refractivity contribution is 0.0707. The van der Waals surface area contributed by atoms with Crippen molar-refractivity contribution in [3.63, 3.8) is 0 Å². The van der Waals surface area contributed by atoms with Gasteiger partial charge in [-0.15, -0.1) is 0 Å². The number of rotatable bonds is 2. The van der Waals surface area contributed by atoms with Crippen LogP contribution in [-0.2, 0) is 4.74 Å². The van der Waals surface area contributed by atoms with Gasteiger partial charge in [0.15, 0.2) is 0 Å². The van der Waals surface area contributed by atoms with Gasteiger partial charge in [-0.05, 0) is 0 Å². The van der Waals surface area contributed by atoms with Crippen molar-refractivity contribution in [1.82, 2.24) is 4.90 Å². The molecule has 0 aromatic heterocycles. The maximum atomic E-state index is 5.00. The zero-order valence-electron chi connectivity index (χ0n) is 5.80. The van der Waals surface area contributed by atoms with Crippen LogP contribution in [0.25, 0.3) is 0 Å². The van der Waals surface area contributed by atoms with E-state index in [9.17, 15) is 0 Å². The van der Waals surface area contributed by atoms with E-state index in [2.05, 4.69) is 4.90 Å². The summed E-state index contributed by atoms with van der Waals surface area (Å²) in [6.45, 7) is 3.19. The van der Waals surface area contributed by atoms with E-state index in [0.29, 0.717) is 0 Å². The van der Waals surface area contributed by atoms with Crippen LogP contribution in [0.2, 0.25) is 0 Å². The molecule has 2 nitrogen and oxygen atoms in total. The van der Waals surface area contributed by atoms with Crippen LogP contribution in [0, 0.1) is 0 Å². The third kappa shape index (κ3) is 2.56. The lowest BCUT2D eigenvalue weighted by Gasteiger charge is -2.24. The van der Waals surface area contributed by atoms with Crippen LogP contribution in [-0.4, -0.2) is 43.3 Å². The molecule has 0 amide bonds. The van der Waals surface area contributed by atoms with E-state index in [1.165, 1.54) is 24.6 Å². The first-order valence-electron chi connectivity index (χ1n) is 3.22. The Morgan fingerprint density at radius 3 is 2.67 bits per heavy atom. The van der Waals surface area contributed by atoms with Gasteiger partial charge in [-0.25, -0.2) is 0 Å². The van der Waals surface area contributed by atoms with Crippen molar-refractivity contribution in [2.45, 2.75) is 0 Å². The van der Waals surface area contributed by atoms with Crippen LogP contribution in [0.3, 0.4) is 0 Å². The summed E-state index contributed by atoms with van der Waals surface area (Å²) in [5.74, 6) is 2.53. The highest BCUT2D eigenvalue weighted by molar-refractivity contribution is 7.99. The fourth-order valence-electron chi connectivity index (χ4n) is 0.913. The summed E-state index contributed by atoms with van der Waals surface area (Å²) in [7, 11) is 1.75. The van der Waals surface area contributed by atoms with Crippen molar-refractivity contribution in [2.24, 2.45) is 0 Å². The van der Waals surface area contributed by atoms with Gasteiger partial charge in [-0.2, -0.15) is 11.8 Å². The molecule has 0 aromatic rings. The minimum Gasteiger partial charge on any atom is -0.369 e. The van der Waals surface area contributed by atoms with Gasteiger partial charge in [0, 0.05) is 31.7 Å². The zero-order valence-corrected chi connectivity index (χ0v) is 6.62. The summed E-state index contributed by atoms with van der Waals surface area (Å²) in [6, 6.07) is 0. The Morgan fingerprint density at radius 2 is 2.11 bits per heavy atom. The summed E-state index contributed by atoms with van der Waals surface area (Å²) < 4.78 is 5.00. The van der Waals surface area contributed by atoms with Crippen LogP contribution in [0.15, 0.2) is 0 Å². The lowest BCUT2D eigenvalue weighted by Crippen LogP contribution is -2.33. The minimum absolute atomic E-state index is 0.806. The molecule has 1 saturated heterocycles. The van der Waals surface area contributed by atoms with Crippen molar-refractivity contribution in [2.75, 3.05) is 38.4 Å². The van der Waals surface area contributed by atoms with Crippen LogP contribution in [0.5, 0.6) is 0 Å².